The summed E-state index contributed by atoms with van der Waals surface area (Å²) in [6.45, 7) is 5.24. The van der Waals surface area contributed by atoms with E-state index in [0.717, 1.165) is 0 Å². The quantitative estimate of drug-likeness (QED) is 0.578. The number of rotatable bonds is 4. The number of carbonyl (C=O) groups is 3. The highest BCUT2D eigenvalue weighted by Gasteiger charge is 2.54. The molecule has 2 rings (SSSR count). The molecule has 1 fully saturated rings. The number of allylic oxidation sites excluding steroid dienone is 1. The van der Waals surface area contributed by atoms with E-state index in [1.54, 1.807) is 33.0 Å². The lowest BCUT2D eigenvalue weighted by Gasteiger charge is -2.49. The highest BCUT2D eigenvalue weighted by molar-refractivity contribution is 8.00. The summed E-state index contributed by atoms with van der Waals surface area (Å²) >= 11 is 1.48. The largest absolute Gasteiger partial charge is 0.464 e. The molecule has 0 radical (unpaired) electrons. The summed E-state index contributed by atoms with van der Waals surface area (Å²) in [5, 5.41) is 2.23. The van der Waals surface area contributed by atoms with E-state index in [0.29, 0.717) is 11.3 Å². The van der Waals surface area contributed by atoms with Gasteiger partial charge in [0, 0.05) is 19.8 Å². The van der Waals surface area contributed by atoms with E-state index in [9.17, 15) is 14.4 Å². The van der Waals surface area contributed by atoms with Gasteiger partial charge in [0.05, 0.1) is 7.11 Å². The Hall–Kier alpha value is -2.16. The second-order valence-electron chi connectivity index (χ2n) is 7.18. The number of β-lactam (4-membered cyclic amide) rings is 1. The lowest BCUT2D eigenvalue weighted by Crippen LogP contribution is -2.70. The van der Waals surface area contributed by atoms with Crippen LogP contribution in [-0.4, -0.2) is 71.7 Å². The molecule has 1 saturated heterocycles. The number of carbonyl (C=O) groups excluding carboxylic acids is 3. The number of alkyl carbamates (subject to hydrolysis) is 1. The van der Waals surface area contributed by atoms with Crippen LogP contribution >= 0.6 is 11.8 Å². The van der Waals surface area contributed by atoms with Gasteiger partial charge in [-0.25, -0.2) is 9.59 Å². The Bertz CT molecular complexity index is 666. The molecule has 26 heavy (non-hydrogen) atoms. The zero-order chi connectivity index (χ0) is 19.6. The van der Waals surface area contributed by atoms with Gasteiger partial charge in [-0.1, -0.05) is 0 Å². The van der Waals surface area contributed by atoms with Crippen molar-refractivity contribution in [3.63, 3.8) is 0 Å². The molecule has 0 bridgehead atoms. The number of thioether (sulfide) groups is 1. The Morgan fingerprint density at radius 3 is 2.54 bits per heavy atom. The number of methoxy groups -OCH3 is 1. The molecule has 2 aliphatic rings. The topological polar surface area (TPSA) is 88.2 Å². The van der Waals surface area contributed by atoms with Crippen molar-refractivity contribution in [2.75, 3.05) is 27.0 Å². The number of hydrogen-bond donors (Lipinski definition) is 1. The fourth-order valence-corrected chi connectivity index (χ4v) is 3.85. The average Bonchev–Trinajstić information content (AvgIpc) is 2.54. The molecule has 2 atom stereocenters. The van der Waals surface area contributed by atoms with Crippen LogP contribution in [0.1, 0.15) is 20.8 Å². The van der Waals surface area contributed by atoms with Crippen molar-refractivity contribution in [3.05, 3.63) is 23.5 Å². The second kappa shape index (κ2) is 7.61. The van der Waals surface area contributed by atoms with Gasteiger partial charge in [0.15, 0.2) is 0 Å². The van der Waals surface area contributed by atoms with Crippen molar-refractivity contribution in [1.29, 1.82) is 0 Å². The third-order valence-electron chi connectivity index (χ3n) is 3.62. The van der Waals surface area contributed by atoms with Crippen molar-refractivity contribution in [3.8, 4) is 0 Å². The molecule has 0 aliphatic carbocycles. The Morgan fingerprint density at radius 2 is 2.00 bits per heavy atom. The summed E-state index contributed by atoms with van der Waals surface area (Å²) in [6, 6.07) is -0.728. The molecule has 2 aliphatic heterocycles. The Balaban J connectivity index is 2.20. The van der Waals surface area contributed by atoms with Crippen molar-refractivity contribution in [2.45, 2.75) is 37.8 Å². The van der Waals surface area contributed by atoms with Crippen LogP contribution in [0.15, 0.2) is 23.5 Å². The van der Waals surface area contributed by atoms with E-state index >= 15 is 0 Å². The molecule has 2 amide bonds. The maximum absolute atomic E-state index is 12.6. The van der Waals surface area contributed by atoms with E-state index in [1.807, 2.05) is 19.0 Å². The predicted molar refractivity (Wildman–Crippen MR) is 98.1 cm³/mol. The predicted octanol–water partition coefficient (Wildman–Crippen LogP) is 1.30. The maximum atomic E-state index is 12.6. The molecule has 0 aromatic heterocycles. The van der Waals surface area contributed by atoms with Crippen LogP contribution in [0.5, 0.6) is 0 Å². The Morgan fingerprint density at radius 1 is 1.35 bits per heavy atom. The van der Waals surface area contributed by atoms with Gasteiger partial charge in [-0.05, 0) is 38.6 Å². The highest BCUT2D eigenvalue weighted by Crippen LogP contribution is 2.41. The number of fused-ring (bicyclic) bond motifs is 1. The first-order valence-corrected chi connectivity index (χ1v) is 9.20. The summed E-state index contributed by atoms with van der Waals surface area (Å²) in [4.78, 5) is 40.0. The minimum absolute atomic E-state index is 0.224. The minimum atomic E-state index is -0.728. The maximum Gasteiger partial charge on any atom is 0.408 e. The molecule has 1 N–H and O–H groups in total. The number of hydrogen-bond acceptors (Lipinski definition) is 7. The van der Waals surface area contributed by atoms with Gasteiger partial charge in [-0.15, -0.1) is 11.8 Å². The van der Waals surface area contributed by atoms with E-state index in [2.05, 4.69) is 5.32 Å². The molecular formula is C17H25N3O5S. The van der Waals surface area contributed by atoms with E-state index in [1.165, 1.54) is 23.8 Å². The van der Waals surface area contributed by atoms with Crippen molar-refractivity contribution >= 4 is 29.7 Å². The standard InChI is InChI=1S/C17H25N3O5S/c1-17(2,3)25-16(23)18-11-13(21)20-12(15(22)24-6)10(7-8-19(4)5)9-26-14(11)20/h7-8,11,14H,9H2,1-6H3,(H,18,23)/b8-7+. The van der Waals surface area contributed by atoms with E-state index < -0.39 is 23.7 Å². The van der Waals surface area contributed by atoms with Gasteiger partial charge in [0.25, 0.3) is 5.91 Å². The minimum Gasteiger partial charge on any atom is -0.464 e. The van der Waals surface area contributed by atoms with Crippen LogP contribution in [0.4, 0.5) is 4.79 Å². The molecule has 0 spiro atoms. The second-order valence-corrected chi connectivity index (χ2v) is 8.28. The van der Waals surface area contributed by atoms with Crippen LogP contribution in [0.3, 0.4) is 0 Å². The van der Waals surface area contributed by atoms with Gasteiger partial charge in [-0.2, -0.15) is 0 Å². The smallest absolute Gasteiger partial charge is 0.408 e. The summed E-state index contributed by atoms with van der Waals surface area (Å²) < 4.78 is 10.1. The summed E-state index contributed by atoms with van der Waals surface area (Å²) in [7, 11) is 5.01. The van der Waals surface area contributed by atoms with Gasteiger partial charge >= 0.3 is 12.1 Å². The number of esters is 1. The molecule has 0 saturated carbocycles. The summed E-state index contributed by atoms with van der Waals surface area (Å²) in [6.07, 6.45) is 2.94. The van der Waals surface area contributed by atoms with Gasteiger partial charge < -0.3 is 19.7 Å². The molecule has 2 unspecified atom stereocenters. The number of nitrogens with zero attached hydrogens (tertiary/aromatic N) is 2. The van der Waals surface area contributed by atoms with Crippen molar-refractivity contribution in [2.24, 2.45) is 0 Å². The Labute approximate surface area is 157 Å². The molecular weight excluding hydrogens is 358 g/mol. The number of amides is 2. The van der Waals surface area contributed by atoms with Crippen LogP contribution in [0.25, 0.3) is 0 Å². The van der Waals surface area contributed by atoms with Crippen LogP contribution in [0.2, 0.25) is 0 Å². The molecule has 2 heterocycles. The first-order chi connectivity index (χ1) is 12.0. The third-order valence-corrected chi connectivity index (χ3v) is 4.92. The van der Waals surface area contributed by atoms with E-state index in [4.69, 9.17) is 9.47 Å². The van der Waals surface area contributed by atoms with Gasteiger partial charge in [-0.3, -0.25) is 9.69 Å². The zero-order valence-electron chi connectivity index (χ0n) is 15.9. The monoisotopic (exact) mass is 383 g/mol. The average molecular weight is 383 g/mol. The van der Waals surface area contributed by atoms with Gasteiger partial charge in [0.1, 0.15) is 22.7 Å². The molecule has 9 heteroatoms. The summed E-state index contributed by atoms with van der Waals surface area (Å²) in [5.41, 5.74) is 0.273. The lowest BCUT2D eigenvalue weighted by molar-refractivity contribution is -0.150. The summed E-state index contributed by atoms with van der Waals surface area (Å²) in [5.74, 6) is -0.405. The van der Waals surface area contributed by atoms with Gasteiger partial charge in [0.2, 0.25) is 0 Å². The first kappa shape index (κ1) is 20.2. The first-order valence-electron chi connectivity index (χ1n) is 8.15. The fourth-order valence-electron chi connectivity index (χ4n) is 2.53. The number of nitrogens with one attached hydrogen (secondary N) is 1. The van der Waals surface area contributed by atoms with E-state index in [-0.39, 0.29) is 17.0 Å². The SMILES string of the molecule is COC(=O)C1=C(/C=C/N(C)C)CSC2C(NC(=O)OC(C)(C)C)C(=O)N12. The normalized spacial score (nSPS) is 22.7. The van der Waals surface area contributed by atoms with Crippen LogP contribution in [-0.2, 0) is 19.1 Å². The molecule has 0 aromatic carbocycles. The van der Waals surface area contributed by atoms with Crippen LogP contribution in [0, 0.1) is 0 Å². The zero-order valence-corrected chi connectivity index (χ0v) is 16.7. The molecule has 8 nitrogen and oxygen atoms in total. The molecule has 144 valence electrons. The lowest BCUT2D eigenvalue weighted by atomic mass is 10.0. The fraction of sp³-hybridized carbons (Fsp3) is 0.588. The van der Waals surface area contributed by atoms with Crippen molar-refractivity contribution in [1.82, 2.24) is 15.1 Å². The van der Waals surface area contributed by atoms with Crippen LogP contribution < -0.4 is 5.32 Å². The highest BCUT2D eigenvalue weighted by atomic mass is 32.2. The number of ether oxygens (including phenoxy) is 2. The molecule has 0 aromatic rings. The Kier molecular flexibility index (Phi) is 5.90. The van der Waals surface area contributed by atoms with Crippen molar-refractivity contribution < 1.29 is 23.9 Å². The third kappa shape index (κ3) is 4.32.